The molecule has 0 radical (unpaired) electrons. The Morgan fingerprint density at radius 2 is 1.41 bits per heavy atom. The van der Waals surface area contributed by atoms with Gasteiger partial charge in [-0.2, -0.15) is 0 Å². The predicted octanol–water partition coefficient (Wildman–Crippen LogP) is 6.05. The highest BCUT2D eigenvalue weighted by molar-refractivity contribution is 5.75. The number of aryl methyl sites for hydroxylation is 1. The standard InChI is InChI=1S/C29H33N3/c1-31-28-15-9-8-14-27(28)30-29(31)22-23-16-19-32(20-17-23)21-18-26(24-10-4-2-5-11-24)25-12-6-3-7-13-25/h2-15,23,26H,16-22H2,1H3. The van der Waals surface area contributed by atoms with Crippen molar-refractivity contribution in [3.05, 3.63) is 102 Å². The summed E-state index contributed by atoms with van der Waals surface area (Å²) in [5.74, 6) is 2.44. The lowest BCUT2D eigenvalue weighted by Gasteiger charge is -2.33. The third-order valence-corrected chi connectivity index (χ3v) is 7.20. The fourth-order valence-electron chi connectivity index (χ4n) is 5.26. The second kappa shape index (κ2) is 9.70. The van der Waals surface area contributed by atoms with E-state index in [1.807, 2.05) is 0 Å². The molecular formula is C29H33N3. The zero-order valence-corrected chi connectivity index (χ0v) is 19.0. The number of aromatic nitrogens is 2. The van der Waals surface area contributed by atoms with E-state index < -0.39 is 0 Å². The molecule has 3 nitrogen and oxygen atoms in total. The third-order valence-electron chi connectivity index (χ3n) is 7.20. The van der Waals surface area contributed by atoms with Crippen LogP contribution >= 0.6 is 0 Å². The van der Waals surface area contributed by atoms with Crippen molar-refractivity contribution >= 4 is 11.0 Å². The van der Waals surface area contributed by atoms with Crippen LogP contribution in [0, 0.1) is 5.92 Å². The lowest BCUT2D eigenvalue weighted by atomic mass is 9.87. The number of likely N-dealkylation sites (tertiary alicyclic amines) is 1. The average Bonchev–Trinajstić information content (AvgIpc) is 3.17. The Morgan fingerprint density at radius 1 is 0.812 bits per heavy atom. The molecule has 0 N–H and O–H groups in total. The first-order chi connectivity index (χ1) is 15.8. The summed E-state index contributed by atoms with van der Waals surface area (Å²) >= 11 is 0. The Bertz CT molecular complexity index is 1090. The van der Waals surface area contributed by atoms with Crippen LogP contribution in [0.5, 0.6) is 0 Å². The van der Waals surface area contributed by atoms with Crippen LogP contribution in [0.15, 0.2) is 84.9 Å². The van der Waals surface area contributed by atoms with E-state index in [1.165, 1.54) is 54.8 Å². The highest BCUT2D eigenvalue weighted by atomic mass is 15.1. The molecule has 5 rings (SSSR count). The van der Waals surface area contributed by atoms with Crippen molar-refractivity contribution in [3.63, 3.8) is 0 Å². The molecule has 1 aromatic heterocycles. The van der Waals surface area contributed by atoms with E-state index in [1.54, 1.807) is 0 Å². The van der Waals surface area contributed by atoms with Crippen molar-refractivity contribution < 1.29 is 0 Å². The molecule has 0 saturated carbocycles. The number of nitrogens with zero attached hydrogens (tertiary/aromatic N) is 3. The number of piperidine rings is 1. The van der Waals surface area contributed by atoms with Crippen molar-refractivity contribution in [2.45, 2.75) is 31.6 Å². The minimum atomic E-state index is 0.468. The lowest BCUT2D eigenvalue weighted by molar-refractivity contribution is 0.179. The summed E-state index contributed by atoms with van der Waals surface area (Å²) in [6, 6.07) is 30.5. The molecule has 0 unspecified atom stereocenters. The first kappa shape index (κ1) is 21.0. The Labute approximate surface area is 191 Å². The number of rotatable bonds is 7. The minimum absolute atomic E-state index is 0.468. The van der Waals surface area contributed by atoms with E-state index in [9.17, 15) is 0 Å². The van der Waals surface area contributed by atoms with Crippen molar-refractivity contribution in [1.82, 2.24) is 14.5 Å². The molecular weight excluding hydrogens is 390 g/mol. The molecule has 164 valence electrons. The summed E-state index contributed by atoms with van der Waals surface area (Å²) in [5, 5.41) is 0. The largest absolute Gasteiger partial charge is 0.331 e. The van der Waals surface area contributed by atoms with E-state index in [2.05, 4.69) is 101 Å². The highest BCUT2D eigenvalue weighted by Crippen LogP contribution is 2.29. The van der Waals surface area contributed by atoms with E-state index in [4.69, 9.17) is 4.98 Å². The van der Waals surface area contributed by atoms with E-state index in [-0.39, 0.29) is 0 Å². The van der Waals surface area contributed by atoms with Gasteiger partial charge in [0.2, 0.25) is 0 Å². The SMILES string of the molecule is Cn1c(CC2CCN(CCC(c3ccccc3)c3ccccc3)CC2)nc2ccccc21. The molecule has 1 aliphatic heterocycles. The lowest BCUT2D eigenvalue weighted by Crippen LogP contribution is -2.35. The monoisotopic (exact) mass is 423 g/mol. The topological polar surface area (TPSA) is 21.1 Å². The third kappa shape index (κ3) is 4.63. The maximum atomic E-state index is 4.90. The first-order valence-corrected chi connectivity index (χ1v) is 12.0. The molecule has 32 heavy (non-hydrogen) atoms. The molecule has 3 aromatic carbocycles. The summed E-state index contributed by atoms with van der Waals surface area (Å²) < 4.78 is 2.28. The number of hydrogen-bond donors (Lipinski definition) is 0. The second-order valence-corrected chi connectivity index (χ2v) is 9.23. The van der Waals surface area contributed by atoms with Crippen molar-refractivity contribution in [1.29, 1.82) is 0 Å². The van der Waals surface area contributed by atoms with Crippen LogP contribution in [0.1, 0.15) is 42.1 Å². The Hall–Kier alpha value is -2.91. The second-order valence-electron chi connectivity index (χ2n) is 9.23. The number of imidazole rings is 1. The summed E-state index contributed by atoms with van der Waals surface area (Å²) in [5.41, 5.74) is 5.22. The maximum absolute atomic E-state index is 4.90. The van der Waals surface area contributed by atoms with E-state index in [0.717, 1.165) is 24.4 Å². The molecule has 0 atom stereocenters. The van der Waals surface area contributed by atoms with E-state index in [0.29, 0.717) is 5.92 Å². The van der Waals surface area contributed by atoms with Crippen LogP contribution in [0.4, 0.5) is 0 Å². The van der Waals surface area contributed by atoms with Crippen molar-refractivity contribution in [3.8, 4) is 0 Å². The van der Waals surface area contributed by atoms with Gasteiger partial charge in [-0.3, -0.25) is 0 Å². The van der Waals surface area contributed by atoms with Gasteiger partial charge in [0, 0.05) is 19.4 Å². The van der Waals surface area contributed by atoms with Gasteiger partial charge in [0.25, 0.3) is 0 Å². The first-order valence-electron chi connectivity index (χ1n) is 12.0. The molecule has 2 heterocycles. The van der Waals surface area contributed by atoms with E-state index >= 15 is 0 Å². The number of para-hydroxylation sites is 2. The number of benzene rings is 3. The quantitative estimate of drug-likeness (QED) is 0.361. The van der Waals surface area contributed by atoms with Crippen LogP contribution < -0.4 is 0 Å². The van der Waals surface area contributed by atoms with Gasteiger partial charge < -0.3 is 9.47 Å². The fourth-order valence-corrected chi connectivity index (χ4v) is 5.26. The predicted molar refractivity (Wildman–Crippen MR) is 133 cm³/mol. The molecule has 1 fully saturated rings. The molecule has 1 aliphatic rings. The smallest absolute Gasteiger partial charge is 0.109 e. The van der Waals surface area contributed by atoms with Crippen LogP contribution in [0.2, 0.25) is 0 Å². The molecule has 0 spiro atoms. The minimum Gasteiger partial charge on any atom is -0.331 e. The Kier molecular flexibility index (Phi) is 6.36. The summed E-state index contributed by atoms with van der Waals surface area (Å²) in [6.07, 6.45) is 4.80. The summed E-state index contributed by atoms with van der Waals surface area (Å²) in [4.78, 5) is 7.57. The van der Waals surface area contributed by atoms with Crippen LogP contribution in [-0.2, 0) is 13.5 Å². The van der Waals surface area contributed by atoms with Gasteiger partial charge in [-0.25, -0.2) is 4.98 Å². The van der Waals surface area contributed by atoms with Gasteiger partial charge in [0.1, 0.15) is 5.82 Å². The van der Waals surface area contributed by atoms with Crippen LogP contribution in [0.25, 0.3) is 11.0 Å². The molecule has 0 amide bonds. The van der Waals surface area contributed by atoms with Gasteiger partial charge >= 0.3 is 0 Å². The van der Waals surface area contributed by atoms with Gasteiger partial charge in [0.05, 0.1) is 11.0 Å². The van der Waals surface area contributed by atoms with Gasteiger partial charge in [-0.05, 0) is 68.1 Å². The molecule has 4 aromatic rings. The zero-order chi connectivity index (χ0) is 21.8. The van der Waals surface area contributed by atoms with Crippen LogP contribution in [0.3, 0.4) is 0 Å². The normalized spacial score (nSPS) is 15.6. The average molecular weight is 424 g/mol. The molecule has 0 aliphatic carbocycles. The number of hydrogen-bond acceptors (Lipinski definition) is 2. The number of fused-ring (bicyclic) bond motifs is 1. The Morgan fingerprint density at radius 3 is 2.03 bits per heavy atom. The van der Waals surface area contributed by atoms with Gasteiger partial charge in [-0.15, -0.1) is 0 Å². The zero-order valence-electron chi connectivity index (χ0n) is 19.0. The highest BCUT2D eigenvalue weighted by Gasteiger charge is 2.23. The summed E-state index contributed by atoms with van der Waals surface area (Å²) in [7, 11) is 2.16. The fraction of sp³-hybridized carbons (Fsp3) is 0.345. The summed E-state index contributed by atoms with van der Waals surface area (Å²) in [6.45, 7) is 3.56. The Balaban J connectivity index is 1.18. The van der Waals surface area contributed by atoms with Crippen LogP contribution in [-0.4, -0.2) is 34.1 Å². The molecule has 1 saturated heterocycles. The van der Waals surface area contributed by atoms with Gasteiger partial charge in [0.15, 0.2) is 0 Å². The van der Waals surface area contributed by atoms with Crippen molar-refractivity contribution in [2.24, 2.45) is 13.0 Å². The van der Waals surface area contributed by atoms with Gasteiger partial charge in [-0.1, -0.05) is 72.8 Å². The molecule has 3 heteroatoms. The van der Waals surface area contributed by atoms with Crippen molar-refractivity contribution in [2.75, 3.05) is 19.6 Å². The maximum Gasteiger partial charge on any atom is 0.109 e. The molecule has 0 bridgehead atoms.